The number of unbranched alkanes of at least 4 members (excludes halogenated alkanes) is 1. The molecule has 0 saturated carbocycles. The second kappa shape index (κ2) is 12.5. The van der Waals surface area contributed by atoms with Gasteiger partial charge < -0.3 is 14.6 Å². The molecule has 9 heteroatoms. The highest BCUT2D eigenvalue weighted by Crippen LogP contribution is 2.44. The molecule has 0 bridgehead atoms. The highest BCUT2D eigenvalue weighted by molar-refractivity contribution is 7.17. The lowest BCUT2D eigenvalue weighted by molar-refractivity contribution is -0.132. The zero-order valence-electron chi connectivity index (χ0n) is 23.4. The van der Waals surface area contributed by atoms with Crippen molar-refractivity contribution in [2.24, 2.45) is 0 Å². The molecule has 1 atom stereocenters. The number of benzene rings is 2. The highest BCUT2D eigenvalue weighted by Gasteiger charge is 2.48. The van der Waals surface area contributed by atoms with Crippen molar-refractivity contribution >= 4 is 39.9 Å². The summed E-state index contributed by atoms with van der Waals surface area (Å²) in [4.78, 5) is 45.4. The van der Waals surface area contributed by atoms with Crippen LogP contribution < -0.4 is 9.64 Å². The van der Waals surface area contributed by atoms with E-state index in [4.69, 9.17) is 9.47 Å². The molecule has 1 fully saturated rings. The van der Waals surface area contributed by atoms with Crippen LogP contribution in [0.3, 0.4) is 0 Å². The van der Waals surface area contributed by atoms with Crippen molar-refractivity contribution in [2.75, 3.05) is 18.1 Å². The number of nitrogens with zero attached hydrogens (tertiary/aromatic N) is 2. The van der Waals surface area contributed by atoms with Gasteiger partial charge >= 0.3 is 11.9 Å². The van der Waals surface area contributed by atoms with Crippen molar-refractivity contribution in [1.82, 2.24) is 4.98 Å². The number of anilines is 1. The van der Waals surface area contributed by atoms with Gasteiger partial charge in [-0.3, -0.25) is 14.5 Å². The maximum atomic E-state index is 13.5. The first-order valence-corrected chi connectivity index (χ1v) is 14.3. The lowest BCUT2D eigenvalue weighted by Gasteiger charge is -2.23. The predicted molar refractivity (Wildman–Crippen MR) is 155 cm³/mol. The number of aromatic nitrogens is 1. The summed E-state index contributed by atoms with van der Waals surface area (Å²) < 4.78 is 10.9. The van der Waals surface area contributed by atoms with Crippen LogP contribution in [0, 0.1) is 6.92 Å². The summed E-state index contributed by atoms with van der Waals surface area (Å²) in [6.45, 7) is 10.4. The summed E-state index contributed by atoms with van der Waals surface area (Å²) in [5.74, 6) is -1.56. The van der Waals surface area contributed by atoms with Crippen molar-refractivity contribution in [3.8, 4) is 5.75 Å². The summed E-state index contributed by atoms with van der Waals surface area (Å²) in [7, 11) is 0. The number of aliphatic hydroxyl groups is 1. The van der Waals surface area contributed by atoms with Crippen molar-refractivity contribution in [2.45, 2.75) is 59.4 Å². The minimum Gasteiger partial charge on any atom is -0.507 e. The second-order valence-electron chi connectivity index (χ2n) is 9.85. The Bertz CT molecular complexity index is 1420. The minimum atomic E-state index is -0.942. The summed E-state index contributed by atoms with van der Waals surface area (Å²) in [5, 5.41) is 11.6. The molecule has 1 amide bonds. The first-order chi connectivity index (χ1) is 19.2. The molecule has 0 spiro atoms. The minimum absolute atomic E-state index is 0.0486. The van der Waals surface area contributed by atoms with Gasteiger partial charge in [-0.25, -0.2) is 9.78 Å². The number of aryl methyl sites for hydroxylation is 1. The Balaban J connectivity index is 1.82. The summed E-state index contributed by atoms with van der Waals surface area (Å²) in [6, 6.07) is 13.4. The first kappa shape index (κ1) is 29.0. The van der Waals surface area contributed by atoms with Gasteiger partial charge in [0.2, 0.25) is 0 Å². The molecule has 8 nitrogen and oxygen atoms in total. The Morgan fingerprint density at radius 1 is 1.07 bits per heavy atom. The normalized spacial score (nSPS) is 16.6. The number of carbonyl (C=O) groups excluding carboxylic acids is 3. The number of hydrogen-bond acceptors (Lipinski definition) is 8. The van der Waals surface area contributed by atoms with Crippen LogP contribution in [0.5, 0.6) is 5.75 Å². The number of carbonyl (C=O) groups is 3. The molecule has 2 heterocycles. The van der Waals surface area contributed by atoms with Gasteiger partial charge in [0.1, 0.15) is 16.4 Å². The number of hydrogen-bond donors (Lipinski definition) is 1. The lowest BCUT2D eigenvalue weighted by atomic mass is 9.93. The van der Waals surface area contributed by atoms with Gasteiger partial charge in [0, 0.05) is 5.56 Å². The standard InChI is InChI=1S/C31H34N2O6S/c1-6-8-17-39-23-15-13-22(14-16-23)26(34)24-25(21-11-9-20(10-12-21)18(3)4)33(29(36)27(24)35)31-32-19(5)28(40-31)30(37)38-7-2/h9-16,18,25,34H,6-8,17H2,1-5H3/b26-24+. The fourth-order valence-electron chi connectivity index (χ4n) is 4.48. The highest BCUT2D eigenvalue weighted by atomic mass is 32.1. The largest absolute Gasteiger partial charge is 0.507 e. The van der Waals surface area contributed by atoms with E-state index in [-0.39, 0.29) is 33.9 Å². The van der Waals surface area contributed by atoms with E-state index >= 15 is 0 Å². The van der Waals surface area contributed by atoms with Gasteiger partial charge in [-0.2, -0.15) is 0 Å². The third-order valence-electron chi connectivity index (χ3n) is 6.71. The maximum Gasteiger partial charge on any atom is 0.350 e. The van der Waals surface area contributed by atoms with Crippen LogP contribution in [0.15, 0.2) is 54.1 Å². The second-order valence-corrected chi connectivity index (χ2v) is 10.8. The van der Waals surface area contributed by atoms with Crippen LogP contribution in [0.1, 0.15) is 84.6 Å². The van der Waals surface area contributed by atoms with Gasteiger partial charge in [0.15, 0.2) is 5.13 Å². The molecule has 0 aliphatic carbocycles. The monoisotopic (exact) mass is 562 g/mol. The number of amides is 1. The lowest BCUT2D eigenvalue weighted by Crippen LogP contribution is -2.29. The van der Waals surface area contributed by atoms with Crippen LogP contribution in [0.4, 0.5) is 5.13 Å². The summed E-state index contributed by atoms with van der Waals surface area (Å²) in [6.07, 6.45) is 1.94. The molecule has 210 valence electrons. The predicted octanol–water partition coefficient (Wildman–Crippen LogP) is 6.56. The Morgan fingerprint density at radius 2 is 1.75 bits per heavy atom. The average molecular weight is 563 g/mol. The van der Waals surface area contributed by atoms with E-state index in [1.165, 1.54) is 4.90 Å². The number of rotatable bonds is 10. The van der Waals surface area contributed by atoms with E-state index in [0.29, 0.717) is 29.2 Å². The van der Waals surface area contributed by atoms with Crippen molar-refractivity contribution in [1.29, 1.82) is 0 Å². The van der Waals surface area contributed by atoms with Crippen LogP contribution in [-0.4, -0.2) is 41.0 Å². The summed E-state index contributed by atoms with van der Waals surface area (Å²) >= 11 is 0.984. The molecule has 2 aromatic carbocycles. The molecule has 1 aromatic heterocycles. The smallest absolute Gasteiger partial charge is 0.350 e. The number of esters is 1. The van der Waals surface area contributed by atoms with Gasteiger partial charge in [-0.05, 0) is 61.6 Å². The molecular weight excluding hydrogens is 528 g/mol. The molecule has 40 heavy (non-hydrogen) atoms. The number of aliphatic hydroxyl groups excluding tert-OH is 1. The topological polar surface area (TPSA) is 106 Å². The zero-order chi connectivity index (χ0) is 29.0. The average Bonchev–Trinajstić information content (AvgIpc) is 3.45. The fourth-order valence-corrected chi connectivity index (χ4v) is 5.47. The van der Waals surface area contributed by atoms with E-state index in [1.54, 1.807) is 38.1 Å². The molecule has 1 aliphatic rings. The van der Waals surface area contributed by atoms with Gasteiger partial charge in [-0.15, -0.1) is 0 Å². The van der Waals surface area contributed by atoms with Crippen molar-refractivity contribution in [3.05, 3.63) is 81.4 Å². The number of ketones is 1. The maximum absolute atomic E-state index is 13.5. The number of thiazole rings is 1. The summed E-state index contributed by atoms with van der Waals surface area (Å²) in [5.41, 5.74) is 2.46. The van der Waals surface area contributed by atoms with Crippen LogP contribution >= 0.6 is 11.3 Å². The Hall–Kier alpha value is -3.98. The Kier molecular flexibility index (Phi) is 9.04. The van der Waals surface area contributed by atoms with Crippen LogP contribution in [0.25, 0.3) is 5.76 Å². The number of Topliss-reactive ketones (excluding diaryl/α,β-unsaturated/α-hetero) is 1. The van der Waals surface area contributed by atoms with E-state index in [2.05, 4.69) is 25.8 Å². The molecule has 1 unspecified atom stereocenters. The molecule has 1 aliphatic heterocycles. The Morgan fingerprint density at radius 3 is 2.35 bits per heavy atom. The van der Waals surface area contributed by atoms with Gasteiger partial charge in [0.25, 0.3) is 5.78 Å². The van der Waals surface area contributed by atoms with Gasteiger partial charge in [-0.1, -0.05) is 62.8 Å². The third kappa shape index (κ3) is 5.79. The molecule has 4 rings (SSSR count). The van der Waals surface area contributed by atoms with Crippen molar-refractivity contribution in [3.63, 3.8) is 0 Å². The molecular formula is C31H34N2O6S. The molecule has 1 N–H and O–H groups in total. The number of ether oxygens (including phenoxy) is 2. The van der Waals surface area contributed by atoms with E-state index < -0.39 is 23.7 Å². The van der Waals surface area contributed by atoms with E-state index in [9.17, 15) is 19.5 Å². The van der Waals surface area contributed by atoms with E-state index in [0.717, 1.165) is 29.7 Å². The molecule has 3 aromatic rings. The molecule has 0 radical (unpaired) electrons. The molecule has 1 saturated heterocycles. The van der Waals surface area contributed by atoms with E-state index in [1.807, 2.05) is 24.3 Å². The fraction of sp³-hybridized carbons (Fsp3) is 0.355. The van der Waals surface area contributed by atoms with Gasteiger partial charge in [0.05, 0.1) is 30.5 Å². The van der Waals surface area contributed by atoms with Crippen LogP contribution in [0.2, 0.25) is 0 Å². The van der Waals surface area contributed by atoms with Crippen LogP contribution in [-0.2, 0) is 14.3 Å². The third-order valence-corrected chi connectivity index (χ3v) is 7.85. The Labute approximate surface area is 238 Å². The zero-order valence-corrected chi connectivity index (χ0v) is 24.2. The quantitative estimate of drug-likeness (QED) is 0.0981. The SMILES string of the molecule is CCCCOc1ccc(/C(O)=C2\C(=O)C(=O)N(c3nc(C)c(C(=O)OCC)s3)C2c2ccc(C(C)C)cc2)cc1. The van der Waals surface area contributed by atoms with Crippen molar-refractivity contribution < 1.29 is 29.0 Å². The first-order valence-electron chi connectivity index (χ1n) is 13.5.